The highest BCUT2D eigenvalue weighted by molar-refractivity contribution is 7.99. The van der Waals surface area contributed by atoms with Crippen LogP contribution in [0.15, 0.2) is 47.6 Å². The van der Waals surface area contributed by atoms with Crippen LogP contribution in [0.4, 0.5) is 17.3 Å². The lowest BCUT2D eigenvalue weighted by molar-refractivity contribution is 0.0985. The van der Waals surface area contributed by atoms with E-state index in [9.17, 15) is 4.79 Å². The molecule has 2 aliphatic heterocycles. The number of para-hydroxylation sites is 1. The minimum absolute atomic E-state index is 0.0894. The van der Waals surface area contributed by atoms with E-state index in [1.54, 1.807) is 29.3 Å². The normalized spacial score (nSPS) is 17.3. The molecule has 0 unspecified atom stereocenters. The van der Waals surface area contributed by atoms with Crippen molar-refractivity contribution in [1.82, 2.24) is 14.9 Å². The highest BCUT2D eigenvalue weighted by Gasteiger charge is 2.33. The molecule has 182 valence electrons. The monoisotopic (exact) mass is 527 g/mol. The molecular weight excluding hydrogens is 501 g/mol. The van der Waals surface area contributed by atoms with Crippen LogP contribution >= 0.6 is 35.0 Å². The van der Waals surface area contributed by atoms with E-state index in [1.807, 2.05) is 0 Å². The topological polar surface area (TPSA) is 61.4 Å². The van der Waals surface area contributed by atoms with Gasteiger partial charge in [0.15, 0.2) is 0 Å². The number of benzene rings is 2. The average molecular weight is 529 g/mol. The summed E-state index contributed by atoms with van der Waals surface area (Å²) in [4.78, 5) is 26.3. The van der Waals surface area contributed by atoms with Crippen LogP contribution in [0.1, 0.15) is 49.2 Å². The van der Waals surface area contributed by atoms with Gasteiger partial charge in [-0.25, -0.2) is 9.97 Å². The number of nitrogens with one attached hydrogen (secondary N) is 1. The van der Waals surface area contributed by atoms with Crippen LogP contribution in [0.5, 0.6) is 0 Å². The van der Waals surface area contributed by atoms with Crippen molar-refractivity contribution in [2.75, 3.05) is 22.6 Å². The molecule has 0 aliphatic carbocycles. The Kier molecular flexibility index (Phi) is 6.46. The van der Waals surface area contributed by atoms with Crippen LogP contribution in [0.25, 0.3) is 0 Å². The van der Waals surface area contributed by atoms with E-state index < -0.39 is 0 Å². The number of carbonyl (C=O) groups excluding carboxylic acids is 1. The Morgan fingerprint density at radius 1 is 1.14 bits per heavy atom. The Hall–Kier alpha value is -2.32. The van der Waals surface area contributed by atoms with Gasteiger partial charge in [-0.2, -0.15) is 0 Å². The van der Waals surface area contributed by atoms with E-state index in [-0.39, 0.29) is 11.3 Å². The molecular formula is C26H27Cl2N5OS. The van der Waals surface area contributed by atoms with Gasteiger partial charge < -0.3 is 5.32 Å². The number of hydrogen-bond donors (Lipinski definition) is 1. The standard InChI is InChI=1S/C26H27Cl2N5OS/c1-15(2)32-12-16-10-17(8-9-19(16)26(3,4)13-32)30-25-29-11-18-23(31-25)35-14-33(24(18)34)22-20(27)6-5-7-21(22)28/h5-11,15H,12-14H2,1-4H3,(H,29,30,31). The van der Waals surface area contributed by atoms with E-state index in [0.717, 1.165) is 18.8 Å². The molecule has 0 radical (unpaired) electrons. The number of rotatable bonds is 4. The third-order valence-electron chi connectivity index (χ3n) is 6.56. The van der Waals surface area contributed by atoms with Crippen LogP contribution < -0.4 is 10.2 Å². The summed E-state index contributed by atoms with van der Waals surface area (Å²) in [6.45, 7) is 11.0. The van der Waals surface area contributed by atoms with Gasteiger partial charge in [-0.15, -0.1) is 0 Å². The lowest BCUT2D eigenvalue weighted by Gasteiger charge is -2.42. The van der Waals surface area contributed by atoms with Crippen LogP contribution in [0, 0.1) is 0 Å². The van der Waals surface area contributed by atoms with Crippen molar-refractivity contribution in [3.05, 3.63) is 69.3 Å². The lowest BCUT2D eigenvalue weighted by Crippen LogP contribution is -2.45. The Labute approximate surface area is 220 Å². The summed E-state index contributed by atoms with van der Waals surface area (Å²) in [5.41, 5.74) is 4.66. The second kappa shape index (κ2) is 9.28. The van der Waals surface area contributed by atoms with Crippen molar-refractivity contribution >= 4 is 58.2 Å². The number of nitrogens with zero attached hydrogens (tertiary/aromatic N) is 4. The van der Waals surface area contributed by atoms with Crippen molar-refractivity contribution in [1.29, 1.82) is 0 Å². The minimum Gasteiger partial charge on any atom is -0.324 e. The number of aromatic nitrogens is 2. The molecule has 3 aromatic rings. The van der Waals surface area contributed by atoms with E-state index in [0.29, 0.717) is 44.2 Å². The number of thioether (sulfide) groups is 1. The molecule has 2 aliphatic rings. The first-order chi connectivity index (χ1) is 16.6. The second-order valence-electron chi connectivity index (χ2n) is 9.87. The number of hydrogen-bond acceptors (Lipinski definition) is 6. The molecule has 5 rings (SSSR count). The first-order valence-electron chi connectivity index (χ1n) is 11.5. The first-order valence-corrected chi connectivity index (χ1v) is 13.3. The van der Waals surface area contributed by atoms with Gasteiger partial charge in [-0.3, -0.25) is 14.6 Å². The molecule has 6 nitrogen and oxygen atoms in total. The zero-order valence-corrected chi connectivity index (χ0v) is 22.4. The first kappa shape index (κ1) is 24.4. The fraction of sp³-hybridized carbons (Fsp3) is 0.346. The summed E-state index contributed by atoms with van der Waals surface area (Å²) < 4.78 is 0. The molecule has 2 aromatic carbocycles. The fourth-order valence-corrected chi connectivity index (χ4v) is 6.30. The van der Waals surface area contributed by atoms with Crippen LogP contribution in [0.3, 0.4) is 0 Å². The molecule has 1 amide bonds. The molecule has 0 fully saturated rings. The maximum atomic E-state index is 13.2. The molecule has 0 saturated heterocycles. The third-order valence-corrected chi connectivity index (χ3v) is 8.14. The summed E-state index contributed by atoms with van der Waals surface area (Å²) in [7, 11) is 0. The van der Waals surface area contributed by atoms with Crippen LogP contribution in [-0.4, -0.2) is 39.2 Å². The molecule has 0 bridgehead atoms. The molecule has 9 heteroatoms. The van der Waals surface area contributed by atoms with Gasteiger partial charge in [0, 0.05) is 36.4 Å². The SMILES string of the molecule is CC(C)N1Cc2cc(Nc3ncc4c(n3)SCN(c3c(Cl)cccc3Cl)C4=O)ccc2C(C)(C)C1. The largest absolute Gasteiger partial charge is 0.324 e. The van der Waals surface area contributed by atoms with E-state index in [4.69, 9.17) is 23.2 Å². The summed E-state index contributed by atoms with van der Waals surface area (Å²) in [6, 6.07) is 12.2. The molecule has 0 saturated carbocycles. The predicted octanol–water partition coefficient (Wildman–Crippen LogP) is 6.74. The quantitative estimate of drug-likeness (QED) is 0.379. The molecule has 3 heterocycles. The maximum absolute atomic E-state index is 13.2. The summed E-state index contributed by atoms with van der Waals surface area (Å²) in [6.07, 6.45) is 1.57. The Morgan fingerprint density at radius 3 is 2.60 bits per heavy atom. The summed E-state index contributed by atoms with van der Waals surface area (Å²) in [5, 5.41) is 4.83. The second-order valence-corrected chi connectivity index (χ2v) is 11.6. The van der Waals surface area contributed by atoms with Crippen LogP contribution in [0.2, 0.25) is 10.0 Å². The number of anilines is 3. The van der Waals surface area contributed by atoms with E-state index in [2.05, 4.69) is 66.1 Å². The van der Waals surface area contributed by atoms with Gasteiger partial charge in [0.25, 0.3) is 5.91 Å². The highest BCUT2D eigenvalue weighted by atomic mass is 35.5. The molecule has 1 aromatic heterocycles. The fourth-order valence-electron chi connectivity index (χ4n) is 4.75. The van der Waals surface area contributed by atoms with Gasteiger partial charge in [-0.05, 0) is 49.2 Å². The smallest absolute Gasteiger partial charge is 0.263 e. The van der Waals surface area contributed by atoms with Crippen molar-refractivity contribution in [3.63, 3.8) is 0 Å². The maximum Gasteiger partial charge on any atom is 0.263 e. The number of halogens is 2. The summed E-state index contributed by atoms with van der Waals surface area (Å²) in [5.74, 6) is 0.610. The molecule has 35 heavy (non-hydrogen) atoms. The highest BCUT2D eigenvalue weighted by Crippen LogP contribution is 2.40. The zero-order valence-electron chi connectivity index (χ0n) is 20.1. The van der Waals surface area contributed by atoms with Crippen LogP contribution in [-0.2, 0) is 12.0 Å². The van der Waals surface area contributed by atoms with Gasteiger partial charge in [0.2, 0.25) is 5.95 Å². The number of carbonyl (C=O) groups is 1. The molecule has 0 atom stereocenters. The summed E-state index contributed by atoms with van der Waals surface area (Å²) >= 11 is 14.1. The van der Waals surface area contributed by atoms with Gasteiger partial charge in [0.1, 0.15) is 5.03 Å². The number of amides is 1. The average Bonchev–Trinajstić information content (AvgIpc) is 2.79. The Morgan fingerprint density at radius 2 is 1.89 bits per heavy atom. The van der Waals surface area contributed by atoms with Gasteiger partial charge in [-0.1, -0.05) is 60.9 Å². The van der Waals surface area contributed by atoms with Gasteiger partial charge >= 0.3 is 0 Å². The number of fused-ring (bicyclic) bond motifs is 2. The Balaban J connectivity index is 1.39. The molecule has 0 spiro atoms. The van der Waals surface area contributed by atoms with E-state index >= 15 is 0 Å². The van der Waals surface area contributed by atoms with Gasteiger partial charge in [0.05, 0.1) is 27.2 Å². The predicted molar refractivity (Wildman–Crippen MR) is 144 cm³/mol. The lowest BCUT2D eigenvalue weighted by atomic mass is 9.78. The van der Waals surface area contributed by atoms with Crippen molar-refractivity contribution < 1.29 is 4.79 Å². The third kappa shape index (κ3) is 4.62. The van der Waals surface area contributed by atoms with Crippen molar-refractivity contribution in [3.8, 4) is 0 Å². The van der Waals surface area contributed by atoms with Crippen molar-refractivity contribution in [2.24, 2.45) is 0 Å². The minimum atomic E-state index is -0.218. The zero-order chi connectivity index (χ0) is 24.9. The molecule has 1 N–H and O–H groups in total. The van der Waals surface area contributed by atoms with E-state index in [1.165, 1.54) is 22.9 Å². The Bertz CT molecular complexity index is 1290. The van der Waals surface area contributed by atoms with Crippen molar-refractivity contribution in [2.45, 2.75) is 50.7 Å².